The van der Waals surface area contributed by atoms with Gasteiger partial charge in [-0.15, -0.1) is 0 Å². The lowest BCUT2D eigenvalue weighted by Crippen LogP contribution is -2.56. The number of nitrogens with one attached hydrogen (secondary N) is 1. The van der Waals surface area contributed by atoms with Gasteiger partial charge < -0.3 is 19.1 Å². The lowest BCUT2D eigenvalue weighted by Gasteiger charge is -2.41. The number of nitrogens with zero attached hydrogens (tertiary/aromatic N) is 4. The first-order chi connectivity index (χ1) is 23.6. The quantitative estimate of drug-likeness (QED) is 0.301. The van der Waals surface area contributed by atoms with Crippen LogP contribution in [0.2, 0.25) is 0 Å². The number of likely N-dealkylation sites (tertiary alicyclic amines) is 1. The molecule has 3 saturated carbocycles. The first kappa shape index (κ1) is 32.8. The third-order valence-electron chi connectivity index (χ3n) is 12.1. The van der Waals surface area contributed by atoms with E-state index in [1.54, 1.807) is 13.2 Å². The Kier molecular flexibility index (Phi) is 8.31. The van der Waals surface area contributed by atoms with Gasteiger partial charge in [-0.2, -0.15) is 12.7 Å². The Morgan fingerprint density at radius 2 is 1.61 bits per heavy atom. The molecule has 0 radical (unpaired) electrons. The molecule has 0 spiro atoms. The normalized spacial score (nSPS) is 24.0. The summed E-state index contributed by atoms with van der Waals surface area (Å²) in [6.07, 6.45) is 11.1. The summed E-state index contributed by atoms with van der Waals surface area (Å²) >= 11 is 0. The van der Waals surface area contributed by atoms with E-state index in [4.69, 9.17) is 4.74 Å². The first-order valence-electron chi connectivity index (χ1n) is 18.2. The second-order valence-electron chi connectivity index (χ2n) is 15.4. The molecule has 2 aliphatic heterocycles. The number of carbonyl (C=O) groups is 2. The number of hydrogen-bond donors (Lipinski definition) is 1. The Balaban J connectivity index is 1.25. The average Bonchev–Trinajstić information content (AvgIpc) is 4.04. The fourth-order valence-electron chi connectivity index (χ4n) is 9.04. The van der Waals surface area contributed by atoms with Gasteiger partial charge >= 0.3 is 10.2 Å². The van der Waals surface area contributed by atoms with Gasteiger partial charge in [-0.3, -0.25) is 9.59 Å². The van der Waals surface area contributed by atoms with Gasteiger partial charge in [0.1, 0.15) is 5.75 Å². The van der Waals surface area contributed by atoms with Gasteiger partial charge in [0.05, 0.1) is 18.2 Å². The van der Waals surface area contributed by atoms with Gasteiger partial charge in [0, 0.05) is 61.3 Å². The van der Waals surface area contributed by atoms with Crippen LogP contribution in [0.4, 0.5) is 0 Å². The number of likely N-dealkylation sites (N-methyl/N-ethyl adjacent to an activating group) is 1. The molecule has 3 aliphatic carbocycles. The van der Waals surface area contributed by atoms with Crippen molar-refractivity contribution in [1.82, 2.24) is 23.4 Å². The molecule has 49 heavy (non-hydrogen) atoms. The molecule has 5 fully saturated rings. The summed E-state index contributed by atoms with van der Waals surface area (Å²) < 4.78 is 37.5. The molecule has 5 aliphatic rings. The fraction of sp³-hybridized carbons (Fsp3) is 0.579. The van der Waals surface area contributed by atoms with Crippen LogP contribution in [0.15, 0.2) is 42.5 Å². The van der Waals surface area contributed by atoms with Crippen molar-refractivity contribution in [3.8, 4) is 17.0 Å². The number of rotatable bonds is 10. The second-order valence-corrected chi connectivity index (χ2v) is 17.2. The predicted octanol–water partition coefficient (Wildman–Crippen LogP) is 5.52. The summed E-state index contributed by atoms with van der Waals surface area (Å²) in [4.78, 5) is 32.8. The van der Waals surface area contributed by atoms with Crippen LogP contribution in [-0.2, 0) is 21.5 Å². The number of piperazine rings is 1. The summed E-state index contributed by atoms with van der Waals surface area (Å²) in [5.41, 5.74) is 4.11. The molecule has 1 N–H and O–H groups in total. The van der Waals surface area contributed by atoms with Crippen molar-refractivity contribution in [2.45, 2.75) is 101 Å². The summed E-state index contributed by atoms with van der Waals surface area (Å²) in [5, 5.41) is 1.08. The summed E-state index contributed by atoms with van der Waals surface area (Å²) in [5.74, 6) is 0.763. The van der Waals surface area contributed by atoms with Crippen LogP contribution in [0.1, 0.15) is 92.5 Å². The molecule has 3 heterocycles. The Morgan fingerprint density at radius 3 is 2.22 bits per heavy atom. The van der Waals surface area contributed by atoms with Crippen LogP contribution in [-0.4, -0.2) is 91.3 Å². The van der Waals surface area contributed by atoms with Crippen molar-refractivity contribution in [2.24, 2.45) is 5.41 Å². The number of carbonyl (C=O) groups excluding carboxylic acids is 2. The summed E-state index contributed by atoms with van der Waals surface area (Å²) in [6.45, 7) is 2.37. The van der Waals surface area contributed by atoms with E-state index in [0.29, 0.717) is 18.0 Å². The van der Waals surface area contributed by atoms with E-state index in [9.17, 15) is 18.0 Å². The maximum absolute atomic E-state index is 14.6. The molecule has 11 heteroatoms. The minimum absolute atomic E-state index is 0.0575. The van der Waals surface area contributed by atoms with Crippen molar-refractivity contribution in [2.75, 3.05) is 34.3 Å². The largest absolute Gasteiger partial charge is 0.497 e. The van der Waals surface area contributed by atoms with E-state index in [-0.39, 0.29) is 24.0 Å². The van der Waals surface area contributed by atoms with E-state index in [2.05, 4.69) is 38.3 Å². The summed E-state index contributed by atoms with van der Waals surface area (Å²) in [6, 6.07) is 14.3. The van der Waals surface area contributed by atoms with Gasteiger partial charge in [-0.1, -0.05) is 25.3 Å². The minimum Gasteiger partial charge on any atom is -0.497 e. The Bertz CT molecular complexity index is 1860. The maximum Gasteiger partial charge on any atom is 0.304 e. The third kappa shape index (κ3) is 5.95. The van der Waals surface area contributed by atoms with E-state index in [1.807, 2.05) is 24.3 Å². The SMILES string of the molecule is COc1ccc(-c2c(C3CCCCC3)c3ccc(C(=O)NS(=O)(=O)N(C)C4CC4)cc3n2CC2(C(=O)N3C4CCC3CN(C)C4)CC2)cc1. The molecule has 2 aromatic carbocycles. The number of aromatic nitrogens is 1. The number of amides is 2. The molecule has 2 unspecified atom stereocenters. The number of ether oxygens (including phenoxy) is 1. The highest BCUT2D eigenvalue weighted by Crippen LogP contribution is 2.53. The van der Waals surface area contributed by atoms with Crippen LogP contribution in [0.3, 0.4) is 0 Å². The number of methoxy groups -OCH3 is 1. The van der Waals surface area contributed by atoms with Gasteiger partial charge in [-0.05, 0) is 112 Å². The highest BCUT2D eigenvalue weighted by molar-refractivity contribution is 7.87. The molecule has 262 valence electrons. The number of benzene rings is 2. The molecule has 2 atom stereocenters. The molecular formula is C38H49N5O5S. The second kappa shape index (κ2) is 12.4. The first-order valence-corrected chi connectivity index (χ1v) is 19.6. The van der Waals surface area contributed by atoms with Crippen LogP contribution in [0.25, 0.3) is 22.2 Å². The number of fused-ring (bicyclic) bond motifs is 3. The highest BCUT2D eigenvalue weighted by Gasteiger charge is 2.56. The number of hydrogen-bond acceptors (Lipinski definition) is 6. The zero-order valence-corrected chi connectivity index (χ0v) is 29.8. The van der Waals surface area contributed by atoms with Crippen LogP contribution < -0.4 is 9.46 Å². The highest BCUT2D eigenvalue weighted by atomic mass is 32.2. The van der Waals surface area contributed by atoms with Crippen molar-refractivity contribution in [1.29, 1.82) is 0 Å². The summed E-state index contributed by atoms with van der Waals surface area (Å²) in [7, 11) is 1.38. The lowest BCUT2D eigenvalue weighted by molar-refractivity contribution is -0.143. The molecule has 1 aromatic heterocycles. The van der Waals surface area contributed by atoms with Crippen molar-refractivity contribution in [3.63, 3.8) is 0 Å². The Morgan fingerprint density at radius 1 is 0.939 bits per heavy atom. The third-order valence-corrected chi connectivity index (χ3v) is 13.6. The van der Waals surface area contributed by atoms with Crippen molar-refractivity contribution in [3.05, 3.63) is 53.6 Å². The Labute approximate surface area is 289 Å². The monoisotopic (exact) mass is 687 g/mol. The molecule has 2 bridgehead atoms. The molecule has 2 amide bonds. The smallest absolute Gasteiger partial charge is 0.304 e. The molecular weight excluding hydrogens is 639 g/mol. The van der Waals surface area contributed by atoms with Crippen molar-refractivity contribution >= 4 is 32.9 Å². The van der Waals surface area contributed by atoms with E-state index in [0.717, 1.165) is 92.4 Å². The predicted molar refractivity (Wildman–Crippen MR) is 190 cm³/mol. The molecule has 2 saturated heterocycles. The van der Waals surface area contributed by atoms with E-state index >= 15 is 0 Å². The average molecular weight is 688 g/mol. The van der Waals surface area contributed by atoms with Crippen LogP contribution in [0.5, 0.6) is 5.75 Å². The van der Waals surface area contributed by atoms with Crippen molar-refractivity contribution < 1.29 is 22.7 Å². The molecule has 10 nitrogen and oxygen atoms in total. The zero-order chi connectivity index (χ0) is 34.1. The molecule has 3 aromatic rings. The maximum atomic E-state index is 14.6. The zero-order valence-electron chi connectivity index (χ0n) is 29.0. The lowest BCUT2D eigenvalue weighted by atomic mass is 9.81. The van der Waals surface area contributed by atoms with Gasteiger partial charge in [0.2, 0.25) is 5.91 Å². The van der Waals surface area contributed by atoms with Gasteiger partial charge in [0.15, 0.2) is 0 Å². The van der Waals surface area contributed by atoms with Gasteiger partial charge in [0.25, 0.3) is 5.91 Å². The minimum atomic E-state index is -3.97. The van der Waals surface area contributed by atoms with Gasteiger partial charge in [-0.25, -0.2) is 4.72 Å². The topological polar surface area (TPSA) is 104 Å². The van der Waals surface area contributed by atoms with Crippen LogP contribution >= 0.6 is 0 Å². The fourth-order valence-corrected chi connectivity index (χ4v) is 10.1. The van der Waals surface area contributed by atoms with E-state index < -0.39 is 21.5 Å². The standard InChI is InChI=1S/C38H49N5O5S/c1-40-22-29-14-15-30(23-40)43(29)37(45)38(19-20-38)24-42-33-21-27(36(44)39-49(46,47)41(2)28-12-13-28)11-18-32(33)34(25-7-5-4-6-8-25)35(42)26-9-16-31(48-3)17-10-26/h9-11,16-18,21,25,28-30H,4-8,12-15,19-20,22-24H2,1-3H3,(H,39,44). The Hall–Kier alpha value is -3.41. The van der Waals surface area contributed by atoms with E-state index in [1.165, 1.54) is 36.2 Å². The molecule has 8 rings (SSSR count). The van der Waals surface area contributed by atoms with Crippen LogP contribution in [0, 0.1) is 5.41 Å².